The third kappa shape index (κ3) is 2.81. The highest BCUT2D eigenvalue weighted by molar-refractivity contribution is 5.74. The summed E-state index contributed by atoms with van der Waals surface area (Å²) >= 11 is 0. The lowest BCUT2D eigenvalue weighted by molar-refractivity contribution is 0.187. The first-order valence-electron chi connectivity index (χ1n) is 6.45. The van der Waals surface area contributed by atoms with Crippen LogP contribution in [0.2, 0.25) is 0 Å². The van der Waals surface area contributed by atoms with Gasteiger partial charge in [-0.15, -0.1) is 0 Å². The molecule has 0 aliphatic heterocycles. The Labute approximate surface area is 113 Å². The van der Waals surface area contributed by atoms with E-state index in [1.54, 1.807) is 14.2 Å². The highest BCUT2D eigenvalue weighted by Crippen LogP contribution is 2.36. The SMILES string of the molecule is COc1cccc2c1CCC2NC(=O)N(C)CCO. The molecule has 104 valence electrons. The molecular formula is C14H20N2O3. The van der Waals surface area contributed by atoms with Gasteiger partial charge in [0.25, 0.3) is 0 Å². The van der Waals surface area contributed by atoms with Gasteiger partial charge in [-0.3, -0.25) is 0 Å². The second kappa shape index (κ2) is 5.93. The number of hydrogen-bond acceptors (Lipinski definition) is 3. The van der Waals surface area contributed by atoms with Crippen LogP contribution >= 0.6 is 0 Å². The minimum atomic E-state index is -0.158. The maximum Gasteiger partial charge on any atom is 0.317 e. The maximum atomic E-state index is 11.9. The van der Waals surface area contributed by atoms with Crippen LogP contribution in [0.5, 0.6) is 5.75 Å². The van der Waals surface area contributed by atoms with E-state index in [1.807, 2.05) is 18.2 Å². The van der Waals surface area contributed by atoms with Gasteiger partial charge in [-0.25, -0.2) is 4.79 Å². The molecule has 1 aromatic rings. The fourth-order valence-corrected chi connectivity index (χ4v) is 2.47. The topological polar surface area (TPSA) is 61.8 Å². The third-order valence-corrected chi connectivity index (χ3v) is 3.53. The van der Waals surface area contributed by atoms with Crippen LogP contribution in [0, 0.1) is 0 Å². The highest BCUT2D eigenvalue weighted by atomic mass is 16.5. The Morgan fingerprint density at radius 3 is 3.05 bits per heavy atom. The number of urea groups is 1. The summed E-state index contributed by atoms with van der Waals surface area (Å²) in [5, 5.41) is 11.8. The van der Waals surface area contributed by atoms with Crippen molar-refractivity contribution < 1.29 is 14.6 Å². The Kier molecular flexibility index (Phi) is 4.27. The Bertz CT molecular complexity index is 462. The number of methoxy groups -OCH3 is 1. The molecule has 0 spiro atoms. The number of ether oxygens (including phenoxy) is 1. The van der Waals surface area contributed by atoms with Crippen LogP contribution in [0.4, 0.5) is 4.79 Å². The molecule has 1 aromatic carbocycles. The van der Waals surface area contributed by atoms with Crippen LogP contribution in [0.25, 0.3) is 0 Å². The normalized spacial score (nSPS) is 16.9. The Morgan fingerprint density at radius 2 is 2.37 bits per heavy atom. The zero-order valence-electron chi connectivity index (χ0n) is 11.3. The van der Waals surface area contributed by atoms with Crippen LogP contribution in [-0.4, -0.2) is 43.3 Å². The van der Waals surface area contributed by atoms with Gasteiger partial charge < -0.3 is 20.1 Å². The van der Waals surface area contributed by atoms with Gasteiger partial charge in [-0.2, -0.15) is 0 Å². The molecule has 2 rings (SSSR count). The van der Waals surface area contributed by atoms with Crippen molar-refractivity contribution in [3.8, 4) is 5.75 Å². The number of carbonyl (C=O) groups is 1. The minimum absolute atomic E-state index is 0.0266. The number of fused-ring (bicyclic) bond motifs is 1. The lowest BCUT2D eigenvalue weighted by Gasteiger charge is -2.21. The van der Waals surface area contributed by atoms with E-state index < -0.39 is 0 Å². The van der Waals surface area contributed by atoms with Gasteiger partial charge in [0.2, 0.25) is 0 Å². The summed E-state index contributed by atoms with van der Waals surface area (Å²) in [6, 6.07) is 5.79. The number of nitrogens with zero attached hydrogens (tertiary/aromatic N) is 1. The molecule has 1 atom stereocenters. The molecule has 1 unspecified atom stereocenters. The zero-order chi connectivity index (χ0) is 13.8. The van der Waals surface area contributed by atoms with Gasteiger partial charge in [-0.1, -0.05) is 12.1 Å². The van der Waals surface area contributed by atoms with E-state index in [0.717, 1.165) is 24.2 Å². The van der Waals surface area contributed by atoms with Crippen molar-refractivity contribution in [2.24, 2.45) is 0 Å². The van der Waals surface area contributed by atoms with Gasteiger partial charge in [0.1, 0.15) is 5.75 Å². The zero-order valence-corrected chi connectivity index (χ0v) is 11.3. The molecule has 0 bridgehead atoms. The van der Waals surface area contributed by atoms with Crippen molar-refractivity contribution in [3.05, 3.63) is 29.3 Å². The van der Waals surface area contributed by atoms with Crippen molar-refractivity contribution in [1.29, 1.82) is 0 Å². The number of likely N-dealkylation sites (N-methyl/N-ethyl adjacent to an activating group) is 1. The number of aliphatic hydroxyl groups excluding tert-OH is 1. The first-order valence-corrected chi connectivity index (χ1v) is 6.45. The largest absolute Gasteiger partial charge is 0.496 e. The van der Waals surface area contributed by atoms with E-state index in [9.17, 15) is 4.79 Å². The van der Waals surface area contributed by atoms with E-state index in [4.69, 9.17) is 9.84 Å². The van der Waals surface area contributed by atoms with Crippen LogP contribution in [0.15, 0.2) is 18.2 Å². The Hall–Kier alpha value is -1.75. The van der Waals surface area contributed by atoms with Gasteiger partial charge in [0.05, 0.1) is 19.8 Å². The van der Waals surface area contributed by atoms with E-state index in [-0.39, 0.29) is 18.7 Å². The fourth-order valence-electron chi connectivity index (χ4n) is 2.47. The molecule has 0 radical (unpaired) electrons. The Balaban J connectivity index is 2.08. The lowest BCUT2D eigenvalue weighted by atomic mass is 10.1. The van der Waals surface area contributed by atoms with Crippen molar-refractivity contribution in [3.63, 3.8) is 0 Å². The van der Waals surface area contributed by atoms with Gasteiger partial charge in [0, 0.05) is 13.6 Å². The minimum Gasteiger partial charge on any atom is -0.496 e. The number of rotatable bonds is 4. The quantitative estimate of drug-likeness (QED) is 0.862. The number of nitrogens with one attached hydrogen (secondary N) is 1. The number of carbonyl (C=O) groups excluding carboxylic acids is 1. The van der Waals surface area contributed by atoms with Crippen molar-refractivity contribution in [1.82, 2.24) is 10.2 Å². The standard InChI is InChI=1S/C14H20N2O3/c1-16(8-9-17)14(18)15-12-7-6-11-10(12)4-3-5-13(11)19-2/h3-5,12,17H,6-9H2,1-2H3,(H,15,18). The maximum absolute atomic E-state index is 11.9. The van der Waals surface area contributed by atoms with Crippen LogP contribution in [0.1, 0.15) is 23.6 Å². The van der Waals surface area contributed by atoms with Crippen molar-refractivity contribution in [2.75, 3.05) is 27.3 Å². The summed E-state index contributed by atoms with van der Waals surface area (Å²) in [5.41, 5.74) is 2.31. The predicted octanol–water partition coefficient (Wildman–Crippen LogP) is 1.32. The third-order valence-electron chi connectivity index (χ3n) is 3.53. The molecule has 2 N–H and O–H groups in total. The smallest absolute Gasteiger partial charge is 0.317 e. The van der Waals surface area contributed by atoms with Gasteiger partial charge in [-0.05, 0) is 30.0 Å². The molecule has 0 aromatic heterocycles. The summed E-state index contributed by atoms with van der Waals surface area (Å²) in [6.07, 6.45) is 1.79. The van der Waals surface area contributed by atoms with E-state index in [2.05, 4.69) is 5.32 Å². The van der Waals surface area contributed by atoms with Crippen LogP contribution in [0.3, 0.4) is 0 Å². The molecule has 1 aliphatic carbocycles. The summed E-state index contributed by atoms with van der Waals surface area (Å²) in [7, 11) is 3.34. The first-order chi connectivity index (χ1) is 9.17. The molecule has 5 nitrogen and oxygen atoms in total. The molecule has 0 heterocycles. The number of hydrogen-bond donors (Lipinski definition) is 2. The van der Waals surface area contributed by atoms with Crippen LogP contribution in [-0.2, 0) is 6.42 Å². The predicted molar refractivity (Wildman–Crippen MR) is 72.3 cm³/mol. The molecule has 0 fully saturated rings. The Morgan fingerprint density at radius 1 is 1.58 bits per heavy atom. The molecule has 2 amide bonds. The molecule has 0 saturated carbocycles. The van der Waals surface area contributed by atoms with Gasteiger partial charge in [0.15, 0.2) is 0 Å². The summed E-state index contributed by atoms with van der Waals surface area (Å²) < 4.78 is 5.34. The second-order valence-corrected chi connectivity index (χ2v) is 4.71. The van der Waals surface area contributed by atoms with E-state index in [1.165, 1.54) is 10.5 Å². The summed E-state index contributed by atoms with van der Waals surface area (Å²) in [5.74, 6) is 0.887. The molecule has 5 heteroatoms. The summed E-state index contributed by atoms with van der Waals surface area (Å²) in [6.45, 7) is 0.308. The van der Waals surface area contributed by atoms with Crippen molar-refractivity contribution in [2.45, 2.75) is 18.9 Å². The van der Waals surface area contributed by atoms with Crippen LogP contribution < -0.4 is 10.1 Å². The van der Waals surface area contributed by atoms with Crippen molar-refractivity contribution >= 4 is 6.03 Å². The number of amides is 2. The summed E-state index contributed by atoms with van der Waals surface area (Å²) in [4.78, 5) is 13.4. The average Bonchev–Trinajstić information content (AvgIpc) is 2.82. The lowest BCUT2D eigenvalue weighted by Crippen LogP contribution is -2.40. The number of benzene rings is 1. The molecule has 19 heavy (non-hydrogen) atoms. The molecule has 1 aliphatic rings. The second-order valence-electron chi connectivity index (χ2n) is 4.71. The van der Waals surface area contributed by atoms with E-state index >= 15 is 0 Å². The first kappa shape index (κ1) is 13.7. The average molecular weight is 264 g/mol. The van der Waals surface area contributed by atoms with E-state index in [0.29, 0.717) is 6.54 Å². The number of aliphatic hydroxyl groups is 1. The molecular weight excluding hydrogens is 244 g/mol. The monoisotopic (exact) mass is 264 g/mol. The molecule has 0 saturated heterocycles. The van der Waals surface area contributed by atoms with Gasteiger partial charge >= 0.3 is 6.03 Å². The highest BCUT2D eigenvalue weighted by Gasteiger charge is 2.26. The fraction of sp³-hybridized carbons (Fsp3) is 0.500.